The topological polar surface area (TPSA) is 52.3 Å². The molecule has 3 aromatic rings. The highest BCUT2D eigenvalue weighted by molar-refractivity contribution is 7.99. The molecule has 0 aliphatic heterocycles. The Morgan fingerprint density at radius 1 is 1.12 bits per heavy atom. The lowest BCUT2D eigenvalue weighted by atomic mass is 10.2. The van der Waals surface area contributed by atoms with Gasteiger partial charge in [-0.05, 0) is 59.8 Å². The highest BCUT2D eigenvalue weighted by Gasteiger charge is 2.13. The first kappa shape index (κ1) is 17.5. The molecule has 0 saturated heterocycles. The van der Waals surface area contributed by atoms with Crippen LogP contribution in [-0.4, -0.2) is 34.0 Å². The highest BCUT2D eigenvalue weighted by atomic mass is 35.5. The fraction of sp³-hybridized carbons (Fsp3) is 0.167. The first-order valence-electron chi connectivity index (χ1n) is 7.74. The second-order valence-electron chi connectivity index (χ2n) is 5.08. The summed E-state index contributed by atoms with van der Waals surface area (Å²) >= 11 is 7.56. The fourth-order valence-corrected chi connectivity index (χ4v) is 2.92. The van der Waals surface area contributed by atoms with Crippen LogP contribution >= 0.6 is 23.4 Å². The van der Waals surface area contributed by atoms with E-state index in [9.17, 15) is 0 Å². The molecular formula is C18H17ClN4OS. The Hall–Kier alpha value is -2.31. The van der Waals surface area contributed by atoms with Gasteiger partial charge in [-0.2, -0.15) is 9.78 Å². The summed E-state index contributed by atoms with van der Waals surface area (Å²) in [6, 6.07) is 15.2. The van der Waals surface area contributed by atoms with Crippen molar-refractivity contribution >= 4 is 29.6 Å². The van der Waals surface area contributed by atoms with Gasteiger partial charge in [0.2, 0.25) is 5.16 Å². The lowest BCUT2D eigenvalue weighted by Crippen LogP contribution is -1.97. The molecule has 0 N–H and O–H groups in total. The molecule has 3 rings (SSSR count). The standard InChI is InChI=1S/C18H17ClN4OS/c1-3-25-18-22-21-17(14-6-8-15(19)9-7-14)23(18)20-12-13-4-10-16(24-2)11-5-13/h4-12H,3H2,1-2H3. The van der Waals surface area contributed by atoms with E-state index in [1.54, 1.807) is 29.8 Å². The van der Waals surface area contributed by atoms with Gasteiger partial charge >= 0.3 is 0 Å². The maximum Gasteiger partial charge on any atom is 0.212 e. The number of methoxy groups -OCH3 is 1. The summed E-state index contributed by atoms with van der Waals surface area (Å²) < 4.78 is 6.93. The minimum atomic E-state index is 0.678. The summed E-state index contributed by atoms with van der Waals surface area (Å²) in [4.78, 5) is 0. The molecule has 1 heterocycles. The number of rotatable bonds is 6. The zero-order valence-electron chi connectivity index (χ0n) is 13.9. The van der Waals surface area contributed by atoms with Gasteiger partial charge in [0.15, 0.2) is 5.82 Å². The van der Waals surface area contributed by atoms with Gasteiger partial charge in [0, 0.05) is 10.6 Å². The predicted octanol–water partition coefficient (Wildman–Crippen LogP) is 4.60. The molecule has 0 atom stereocenters. The Bertz CT molecular complexity index is 860. The van der Waals surface area contributed by atoms with Crippen LogP contribution in [0.25, 0.3) is 11.4 Å². The monoisotopic (exact) mass is 372 g/mol. The predicted molar refractivity (Wildman–Crippen MR) is 103 cm³/mol. The third-order valence-corrected chi connectivity index (χ3v) is 4.48. The third-order valence-electron chi connectivity index (χ3n) is 3.43. The van der Waals surface area contributed by atoms with Crippen molar-refractivity contribution in [2.24, 2.45) is 5.10 Å². The SMILES string of the molecule is CCSc1nnc(-c2ccc(Cl)cc2)n1N=Cc1ccc(OC)cc1. The fourth-order valence-electron chi connectivity index (χ4n) is 2.18. The number of hydrogen-bond donors (Lipinski definition) is 0. The minimum Gasteiger partial charge on any atom is -0.497 e. The van der Waals surface area contributed by atoms with Crippen molar-refractivity contribution < 1.29 is 4.74 Å². The van der Waals surface area contributed by atoms with E-state index in [1.807, 2.05) is 48.5 Å². The third kappa shape index (κ3) is 4.21. The minimum absolute atomic E-state index is 0.678. The van der Waals surface area contributed by atoms with E-state index in [2.05, 4.69) is 22.2 Å². The van der Waals surface area contributed by atoms with E-state index in [1.165, 1.54) is 0 Å². The lowest BCUT2D eigenvalue weighted by Gasteiger charge is -2.04. The van der Waals surface area contributed by atoms with Crippen LogP contribution in [0, 0.1) is 0 Å². The molecule has 0 saturated carbocycles. The molecule has 128 valence electrons. The molecule has 0 unspecified atom stereocenters. The molecule has 25 heavy (non-hydrogen) atoms. The van der Waals surface area contributed by atoms with E-state index in [-0.39, 0.29) is 0 Å². The second-order valence-corrected chi connectivity index (χ2v) is 6.74. The molecule has 1 aromatic heterocycles. The van der Waals surface area contributed by atoms with Gasteiger partial charge in [-0.25, -0.2) is 0 Å². The van der Waals surface area contributed by atoms with Crippen LogP contribution in [0.5, 0.6) is 5.75 Å². The summed E-state index contributed by atoms with van der Waals surface area (Å²) in [5, 5.41) is 14.6. The summed E-state index contributed by atoms with van der Waals surface area (Å²) in [5.41, 5.74) is 1.87. The Kier molecular flexibility index (Phi) is 5.73. The van der Waals surface area contributed by atoms with Crippen molar-refractivity contribution in [1.29, 1.82) is 0 Å². The number of ether oxygens (including phenoxy) is 1. The van der Waals surface area contributed by atoms with Crippen molar-refractivity contribution in [3.8, 4) is 17.1 Å². The van der Waals surface area contributed by atoms with Crippen molar-refractivity contribution in [2.75, 3.05) is 12.9 Å². The lowest BCUT2D eigenvalue weighted by molar-refractivity contribution is 0.415. The molecule has 7 heteroatoms. The van der Waals surface area contributed by atoms with Gasteiger partial charge < -0.3 is 4.74 Å². The van der Waals surface area contributed by atoms with Crippen LogP contribution in [0.15, 0.2) is 58.8 Å². The van der Waals surface area contributed by atoms with Crippen LogP contribution in [-0.2, 0) is 0 Å². The molecule has 0 amide bonds. The van der Waals surface area contributed by atoms with Crippen LogP contribution < -0.4 is 4.74 Å². The van der Waals surface area contributed by atoms with E-state index in [0.717, 1.165) is 27.8 Å². The number of aromatic nitrogens is 3. The van der Waals surface area contributed by atoms with E-state index < -0.39 is 0 Å². The van der Waals surface area contributed by atoms with Gasteiger partial charge in [-0.1, -0.05) is 30.3 Å². The van der Waals surface area contributed by atoms with Crippen molar-refractivity contribution in [1.82, 2.24) is 14.9 Å². The van der Waals surface area contributed by atoms with Crippen LogP contribution in [0.4, 0.5) is 0 Å². The van der Waals surface area contributed by atoms with Crippen LogP contribution in [0.1, 0.15) is 12.5 Å². The number of benzene rings is 2. The number of halogens is 1. The summed E-state index contributed by atoms with van der Waals surface area (Å²) in [7, 11) is 1.65. The summed E-state index contributed by atoms with van der Waals surface area (Å²) in [5.74, 6) is 2.37. The van der Waals surface area contributed by atoms with Gasteiger partial charge in [-0.15, -0.1) is 10.2 Å². The van der Waals surface area contributed by atoms with Crippen molar-refractivity contribution in [2.45, 2.75) is 12.1 Å². The Balaban J connectivity index is 1.95. The molecule has 0 radical (unpaired) electrons. The molecular weight excluding hydrogens is 356 g/mol. The molecule has 0 fully saturated rings. The normalized spacial score (nSPS) is 11.2. The van der Waals surface area contributed by atoms with Crippen molar-refractivity contribution in [3.63, 3.8) is 0 Å². The summed E-state index contributed by atoms with van der Waals surface area (Å²) in [6.45, 7) is 2.07. The smallest absolute Gasteiger partial charge is 0.212 e. The first-order valence-corrected chi connectivity index (χ1v) is 9.10. The average Bonchev–Trinajstić information content (AvgIpc) is 3.04. The number of nitrogens with zero attached hydrogens (tertiary/aromatic N) is 4. The Morgan fingerprint density at radius 2 is 1.84 bits per heavy atom. The zero-order valence-corrected chi connectivity index (χ0v) is 15.5. The maximum absolute atomic E-state index is 5.97. The number of thioether (sulfide) groups is 1. The number of hydrogen-bond acceptors (Lipinski definition) is 5. The van der Waals surface area contributed by atoms with Gasteiger partial charge in [0.05, 0.1) is 13.3 Å². The van der Waals surface area contributed by atoms with Gasteiger partial charge in [0.25, 0.3) is 0 Å². The molecule has 0 aliphatic rings. The Morgan fingerprint density at radius 3 is 2.48 bits per heavy atom. The molecule has 2 aromatic carbocycles. The van der Waals surface area contributed by atoms with E-state index in [0.29, 0.717) is 10.8 Å². The largest absolute Gasteiger partial charge is 0.497 e. The highest BCUT2D eigenvalue weighted by Crippen LogP contribution is 2.25. The zero-order chi connectivity index (χ0) is 17.6. The Labute approximate surface area is 155 Å². The quantitative estimate of drug-likeness (QED) is 0.468. The van der Waals surface area contributed by atoms with Crippen LogP contribution in [0.2, 0.25) is 5.02 Å². The van der Waals surface area contributed by atoms with E-state index >= 15 is 0 Å². The molecule has 5 nitrogen and oxygen atoms in total. The van der Waals surface area contributed by atoms with E-state index in [4.69, 9.17) is 16.3 Å². The molecule has 0 bridgehead atoms. The van der Waals surface area contributed by atoms with Crippen molar-refractivity contribution in [3.05, 3.63) is 59.1 Å². The average molecular weight is 373 g/mol. The van der Waals surface area contributed by atoms with Crippen LogP contribution in [0.3, 0.4) is 0 Å². The van der Waals surface area contributed by atoms with Gasteiger partial charge in [-0.3, -0.25) is 0 Å². The second kappa shape index (κ2) is 8.18. The maximum atomic E-state index is 5.97. The first-order chi connectivity index (χ1) is 12.2. The molecule has 0 spiro atoms. The van der Waals surface area contributed by atoms with Gasteiger partial charge in [0.1, 0.15) is 5.75 Å². The summed E-state index contributed by atoms with van der Waals surface area (Å²) in [6.07, 6.45) is 1.78. The molecule has 0 aliphatic carbocycles.